The van der Waals surface area contributed by atoms with E-state index in [2.05, 4.69) is 37.6 Å². The molecule has 2 saturated heterocycles. The normalized spacial score (nSPS) is 20.2. The summed E-state index contributed by atoms with van der Waals surface area (Å²) in [6, 6.07) is 8.36. The average Bonchev–Trinajstić information content (AvgIpc) is 2.73. The van der Waals surface area contributed by atoms with Crippen LogP contribution in [0.15, 0.2) is 36.7 Å². The number of hydrogen-bond acceptors (Lipinski definition) is 6. The Morgan fingerprint density at radius 3 is 2.81 bits per heavy atom. The number of hydrogen-bond donors (Lipinski definition) is 2. The van der Waals surface area contributed by atoms with E-state index in [9.17, 15) is 4.79 Å². The van der Waals surface area contributed by atoms with Gasteiger partial charge in [-0.3, -0.25) is 4.79 Å². The highest BCUT2D eigenvalue weighted by Crippen LogP contribution is 2.25. The van der Waals surface area contributed by atoms with Crippen LogP contribution in [-0.2, 0) is 16.1 Å². The number of benzene rings is 1. The molecule has 1 aromatic heterocycles. The molecule has 2 fully saturated rings. The molecule has 142 valence electrons. The number of carbonyl (C=O) groups is 1. The Morgan fingerprint density at radius 2 is 2.04 bits per heavy atom. The Labute approximate surface area is 159 Å². The van der Waals surface area contributed by atoms with Crippen molar-refractivity contribution in [2.75, 3.05) is 36.5 Å². The number of nitrogens with one attached hydrogen (secondary N) is 2. The second-order valence-electron chi connectivity index (χ2n) is 6.98. The van der Waals surface area contributed by atoms with Gasteiger partial charge in [-0.2, -0.15) is 0 Å². The summed E-state index contributed by atoms with van der Waals surface area (Å²) in [6.45, 7) is 3.78. The Morgan fingerprint density at radius 1 is 1.22 bits per heavy atom. The summed E-state index contributed by atoms with van der Waals surface area (Å²) in [6.07, 6.45) is 6.31. The Hall–Kier alpha value is -2.67. The van der Waals surface area contributed by atoms with Crippen molar-refractivity contribution in [3.63, 3.8) is 0 Å². The first-order chi connectivity index (χ1) is 13.3. The van der Waals surface area contributed by atoms with Crippen LogP contribution in [0.1, 0.15) is 36.4 Å². The number of piperidine rings is 1. The molecular formula is C20H25N5O2. The van der Waals surface area contributed by atoms with Gasteiger partial charge in [0.15, 0.2) is 0 Å². The van der Waals surface area contributed by atoms with Gasteiger partial charge in [0.25, 0.3) is 0 Å². The summed E-state index contributed by atoms with van der Waals surface area (Å²) in [5, 5.41) is 6.50. The summed E-state index contributed by atoms with van der Waals surface area (Å²) >= 11 is 0. The van der Waals surface area contributed by atoms with Crippen LogP contribution in [0.5, 0.6) is 0 Å². The minimum absolute atomic E-state index is 0.115. The van der Waals surface area contributed by atoms with E-state index in [-0.39, 0.29) is 11.9 Å². The Bertz CT molecular complexity index is 774. The van der Waals surface area contributed by atoms with Crippen LogP contribution >= 0.6 is 0 Å². The van der Waals surface area contributed by atoms with E-state index >= 15 is 0 Å². The van der Waals surface area contributed by atoms with Gasteiger partial charge in [0.05, 0.1) is 19.3 Å². The maximum atomic E-state index is 11.6. The molecule has 4 rings (SSSR count). The molecule has 7 heteroatoms. The van der Waals surface area contributed by atoms with Crippen LogP contribution in [0, 0.1) is 0 Å². The van der Waals surface area contributed by atoms with Crippen LogP contribution in [0.25, 0.3) is 0 Å². The van der Waals surface area contributed by atoms with E-state index in [0.717, 1.165) is 61.9 Å². The SMILES string of the molecule is O=C1CCCC(c2cccc(NCc3cnc(N4CCOCC4)nc3)c2)N1. The van der Waals surface area contributed by atoms with Gasteiger partial charge in [0, 0.05) is 49.7 Å². The van der Waals surface area contributed by atoms with Gasteiger partial charge in [-0.15, -0.1) is 0 Å². The first kappa shape index (κ1) is 17.7. The van der Waals surface area contributed by atoms with Gasteiger partial charge in [0.2, 0.25) is 11.9 Å². The fraction of sp³-hybridized carbons (Fsp3) is 0.450. The molecule has 1 atom stereocenters. The number of anilines is 2. The average molecular weight is 367 g/mol. The lowest BCUT2D eigenvalue weighted by atomic mass is 9.97. The summed E-state index contributed by atoms with van der Waals surface area (Å²) in [4.78, 5) is 22.7. The maximum absolute atomic E-state index is 11.6. The predicted molar refractivity (Wildman–Crippen MR) is 104 cm³/mol. The van der Waals surface area contributed by atoms with E-state index in [1.54, 1.807) is 0 Å². The van der Waals surface area contributed by atoms with Crippen molar-refractivity contribution in [2.45, 2.75) is 31.8 Å². The van der Waals surface area contributed by atoms with E-state index in [4.69, 9.17) is 4.74 Å². The van der Waals surface area contributed by atoms with Gasteiger partial charge < -0.3 is 20.3 Å². The van der Waals surface area contributed by atoms with Crippen LogP contribution in [-0.4, -0.2) is 42.2 Å². The Kier molecular flexibility index (Phi) is 5.48. The molecule has 7 nitrogen and oxygen atoms in total. The van der Waals surface area contributed by atoms with Crippen molar-refractivity contribution in [3.05, 3.63) is 47.8 Å². The highest BCUT2D eigenvalue weighted by Gasteiger charge is 2.19. The van der Waals surface area contributed by atoms with Crippen molar-refractivity contribution < 1.29 is 9.53 Å². The van der Waals surface area contributed by atoms with Gasteiger partial charge in [-0.25, -0.2) is 9.97 Å². The van der Waals surface area contributed by atoms with E-state index in [1.807, 2.05) is 24.5 Å². The molecule has 2 aromatic rings. The first-order valence-corrected chi connectivity index (χ1v) is 9.55. The Balaban J connectivity index is 1.35. The summed E-state index contributed by atoms with van der Waals surface area (Å²) in [7, 11) is 0. The minimum atomic E-state index is 0.115. The molecule has 1 aromatic carbocycles. The van der Waals surface area contributed by atoms with E-state index < -0.39 is 0 Å². The summed E-state index contributed by atoms with van der Waals surface area (Å²) in [5.41, 5.74) is 3.21. The molecule has 1 unspecified atom stereocenters. The second kappa shape index (κ2) is 8.35. The number of morpholine rings is 1. The summed E-state index contributed by atoms with van der Waals surface area (Å²) in [5.74, 6) is 0.902. The highest BCUT2D eigenvalue weighted by atomic mass is 16.5. The van der Waals surface area contributed by atoms with Crippen molar-refractivity contribution in [3.8, 4) is 0 Å². The molecule has 0 spiro atoms. The molecule has 2 N–H and O–H groups in total. The predicted octanol–water partition coefficient (Wildman–Crippen LogP) is 2.27. The number of carbonyl (C=O) groups excluding carboxylic acids is 1. The molecule has 2 aliphatic heterocycles. The molecule has 2 aliphatic rings. The molecule has 3 heterocycles. The zero-order valence-electron chi connectivity index (χ0n) is 15.4. The number of amides is 1. The molecular weight excluding hydrogens is 342 g/mol. The lowest BCUT2D eigenvalue weighted by Crippen LogP contribution is -2.37. The quantitative estimate of drug-likeness (QED) is 0.844. The highest BCUT2D eigenvalue weighted by molar-refractivity contribution is 5.77. The third-order valence-electron chi connectivity index (χ3n) is 5.00. The van der Waals surface area contributed by atoms with E-state index in [1.165, 1.54) is 0 Å². The fourth-order valence-corrected chi connectivity index (χ4v) is 3.49. The van der Waals surface area contributed by atoms with Crippen LogP contribution in [0.2, 0.25) is 0 Å². The lowest BCUT2D eigenvalue weighted by Gasteiger charge is -2.26. The van der Waals surface area contributed by atoms with E-state index in [0.29, 0.717) is 13.0 Å². The van der Waals surface area contributed by atoms with Gasteiger partial charge >= 0.3 is 0 Å². The molecule has 0 bridgehead atoms. The van der Waals surface area contributed by atoms with Crippen LogP contribution in [0.3, 0.4) is 0 Å². The summed E-state index contributed by atoms with van der Waals surface area (Å²) < 4.78 is 5.36. The lowest BCUT2D eigenvalue weighted by molar-refractivity contribution is -0.123. The molecule has 0 saturated carbocycles. The zero-order valence-corrected chi connectivity index (χ0v) is 15.4. The van der Waals surface area contributed by atoms with Gasteiger partial charge in [0.1, 0.15) is 0 Å². The number of rotatable bonds is 5. The minimum Gasteiger partial charge on any atom is -0.381 e. The number of ether oxygens (including phenoxy) is 1. The van der Waals surface area contributed by atoms with Gasteiger partial charge in [-0.1, -0.05) is 12.1 Å². The topological polar surface area (TPSA) is 79.4 Å². The van der Waals surface area contributed by atoms with Crippen LogP contribution in [0.4, 0.5) is 11.6 Å². The van der Waals surface area contributed by atoms with Crippen molar-refractivity contribution >= 4 is 17.5 Å². The molecule has 0 radical (unpaired) electrons. The molecule has 1 amide bonds. The zero-order chi connectivity index (χ0) is 18.5. The third kappa shape index (κ3) is 4.54. The number of aromatic nitrogens is 2. The first-order valence-electron chi connectivity index (χ1n) is 9.55. The standard InChI is InChI=1S/C20H25N5O2/c26-19-6-2-5-18(24-19)16-3-1-4-17(11-16)21-12-15-13-22-20(23-14-15)25-7-9-27-10-8-25/h1,3-4,11,13-14,18,21H,2,5-10,12H2,(H,24,26). The van der Waals surface area contributed by atoms with Crippen molar-refractivity contribution in [1.29, 1.82) is 0 Å². The third-order valence-corrected chi connectivity index (χ3v) is 5.00. The maximum Gasteiger partial charge on any atom is 0.225 e. The second-order valence-corrected chi connectivity index (χ2v) is 6.98. The van der Waals surface area contributed by atoms with Gasteiger partial charge in [-0.05, 0) is 30.5 Å². The smallest absolute Gasteiger partial charge is 0.225 e. The molecule has 27 heavy (non-hydrogen) atoms. The fourth-order valence-electron chi connectivity index (χ4n) is 3.49. The monoisotopic (exact) mass is 367 g/mol. The largest absolute Gasteiger partial charge is 0.381 e. The van der Waals surface area contributed by atoms with Crippen molar-refractivity contribution in [2.24, 2.45) is 0 Å². The van der Waals surface area contributed by atoms with Crippen molar-refractivity contribution in [1.82, 2.24) is 15.3 Å². The number of nitrogens with zero attached hydrogens (tertiary/aromatic N) is 3. The van der Waals surface area contributed by atoms with Crippen LogP contribution < -0.4 is 15.5 Å². The molecule has 0 aliphatic carbocycles.